The Balaban J connectivity index is 1.44. The molecule has 4 fully saturated rings. The van der Waals surface area contributed by atoms with Crippen LogP contribution in [0.2, 0.25) is 0 Å². The van der Waals surface area contributed by atoms with Crippen LogP contribution in [-0.2, 0) is 28.7 Å². The van der Waals surface area contributed by atoms with E-state index in [2.05, 4.69) is 15.2 Å². The standard InChI is InChI=1S/C33H50N4O7S/c1-19(2)22(13-26(39)24-11-9-10-12-36(24)6)30(41)37(7)25(20(3)4)14-27(44-21(5)38)29-34-23(15-45-29)28(40)35-33-16-32(17-33,18-33)31(42)43-8/h15,19-20,22,24-25,27H,9-14,16-18H2,1-8H3,(H,35,40)/t22-,24+,25+,27+,32?,33?/m0/s1. The lowest BCUT2D eigenvalue weighted by Gasteiger charge is -2.68. The molecule has 11 nitrogen and oxygen atoms in total. The molecule has 1 saturated heterocycles. The van der Waals surface area contributed by atoms with E-state index in [0.29, 0.717) is 30.7 Å². The number of carbonyl (C=O) groups is 5. The van der Waals surface area contributed by atoms with Gasteiger partial charge in [-0.1, -0.05) is 34.1 Å². The van der Waals surface area contributed by atoms with Gasteiger partial charge in [0.05, 0.1) is 18.6 Å². The van der Waals surface area contributed by atoms with Crippen LogP contribution >= 0.6 is 11.3 Å². The highest BCUT2D eigenvalue weighted by molar-refractivity contribution is 7.09. The lowest BCUT2D eigenvalue weighted by atomic mass is 9.39. The van der Waals surface area contributed by atoms with Crippen molar-refractivity contribution < 1.29 is 33.4 Å². The van der Waals surface area contributed by atoms with Crippen molar-refractivity contribution >= 4 is 40.9 Å². The number of piperidine rings is 1. The van der Waals surface area contributed by atoms with Crippen LogP contribution in [0.15, 0.2) is 5.38 Å². The monoisotopic (exact) mass is 646 g/mol. The maximum absolute atomic E-state index is 14.0. The first-order valence-corrected chi connectivity index (χ1v) is 17.0. The number of methoxy groups -OCH3 is 1. The third kappa shape index (κ3) is 7.42. The highest BCUT2D eigenvalue weighted by Crippen LogP contribution is 2.67. The van der Waals surface area contributed by atoms with Crippen molar-refractivity contribution in [2.75, 3.05) is 27.7 Å². The third-order valence-electron chi connectivity index (χ3n) is 10.1. The van der Waals surface area contributed by atoms with Crippen LogP contribution in [0.5, 0.6) is 0 Å². The Morgan fingerprint density at radius 1 is 1.11 bits per heavy atom. The number of likely N-dealkylation sites (N-methyl/N-ethyl adjacent to an activating group) is 1. The lowest BCUT2D eigenvalue weighted by Crippen LogP contribution is -2.77. The quantitative estimate of drug-likeness (QED) is 0.296. The van der Waals surface area contributed by atoms with Gasteiger partial charge >= 0.3 is 11.9 Å². The second kappa shape index (κ2) is 13.9. The fraction of sp³-hybridized carbons (Fsp3) is 0.758. The topological polar surface area (TPSA) is 135 Å². The van der Waals surface area contributed by atoms with Crippen LogP contribution in [0, 0.1) is 23.2 Å². The maximum Gasteiger partial charge on any atom is 0.312 e. The van der Waals surface area contributed by atoms with Crippen LogP contribution in [-0.4, -0.2) is 89.7 Å². The number of amides is 2. The van der Waals surface area contributed by atoms with E-state index in [1.54, 1.807) is 17.3 Å². The normalized spacial score (nSPS) is 26.2. The minimum Gasteiger partial charge on any atom is -0.469 e. The van der Waals surface area contributed by atoms with Crippen molar-refractivity contribution in [3.05, 3.63) is 16.1 Å². The number of carbonyl (C=O) groups excluding carboxylic acids is 5. The summed E-state index contributed by atoms with van der Waals surface area (Å²) in [7, 11) is 5.12. The zero-order chi connectivity index (χ0) is 33.3. The van der Waals surface area contributed by atoms with E-state index in [1.165, 1.54) is 25.4 Å². The second-order valence-electron chi connectivity index (χ2n) is 14.2. The van der Waals surface area contributed by atoms with Gasteiger partial charge in [0.15, 0.2) is 11.9 Å². The first-order chi connectivity index (χ1) is 21.1. The number of aromatic nitrogens is 1. The zero-order valence-corrected chi connectivity index (χ0v) is 28.8. The van der Waals surface area contributed by atoms with Crippen LogP contribution in [0.3, 0.4) is 0 Å². The number of likely N-dealkylation sites (tertiary alicyclic amines) is 1. The molecular weight excluding hydrogens is 596 g/mol. The number of nitrogens with one attached hydrogen (secondary N) is 1. The van der Waals surface area contributed by atoms with E-state index in [9.17, 15) is 24.0 Å². The van der Waals surface area contributed by atoms with Gasteiger partial charge in [-0.25, -0.2) is 4.98 Å². The summed E-state index contributed by atoms with van der Waals surface area (Å²) in [6.07, 6.45) is 4.33. The summed E-state index contributed by atoms with van der Waals surface area (Å²) >= 11 is 1.23. The molecule has 4 atom stereocenters. The molecule has 4 aliphatic rings. The summed E-state index contributed by atoms with van der Waals surface area (Å²) < 4.78 is 10.6. The maximum atomic E-state index is 14.0. The molecule has 1 aromatic heterocycles. The summed E-state index contributed by atoms with van der Waals surface area (Å²) in [4.78, 5) is 73.0. The number of Topliss-reactive ketones (excluding diaryl/α,β-unsaturated/α-hetero) is 1. The Kier molecular flexibility index (Phi) is 10.8. The summed E-state index contributed by atoms with van der Waals surface area (Å²) in [6.45, 7) is 10.2. The number of ether oxygens (including phenoxy) is 2. The van der Waals surface area contributed by atoms with Crippen molar-refractivity contribution in [1.29, 1.82) is 0 Å². The number of thiazole rings is 1. The Morgan fingerprint density at radius 2 is 1.78 bits per heavy atom. The molecule has 0 radical (unpaired) electrons. The van der Waals surface area contributed by atoms with Gasteiger partial charge in [-0.3, -0.25) is 28.9 Å². The minimum atomic E-state index is -0.760. The van der Waals surface area contributed by atoms with Crippen LogP contribution in [0.1, 0.15) is 108 Å². The molecule has 0 aromatic carbocycles. The number of nitrogens with zero attached hydrogens (tertiary/aromatic N) is 3. The number of esters is 2. The molecule has 5 rings (SSSR count). The third-order valence-corrected chi connectivity index (χ3v) is 11.1. The van der Waals surface area contributed by atoms with Crippen molar-refractivity contribution in [1.82, 2.24) is 20.1 Å². The van der Waals surface area contributed by atoms with Crippen LogP contribution in [0.4, 0.5) is 0 Å². The fourth-order valence-corrected chi connectivity index (χ4v) is 8.40. The van der Waals surface area contributed by atoms with Crippen molar-refractivity contribution in [3.63, 3.8) is 0 Å². The Labute approximate surface area is 270 Å². The van der Waals surface area contributed by atoms with Gasteiger partial charge in [-0.05, 0) is 57.5 Å². The van der Waals surface area contributed by atoms with Crippen molar-refractivity contribution in [3.8, 4) is 0 Å². The van der Waals surface area contributed by atoms with Crippen LogP contribution < -0.4 is 5.32 Å². The summed E-state index contributed by atoms with van der Waals surface area (Å²) in [6, 6.07) is -0.459. The largest absolute Gasteiger partial charge is 0.469 e. The number of hydrogen-bond acceptors (Lipinski definition) is 10. The minimum absolute atomic E-state index is 0.0131. The van der Waals surface area contributed by atoms with E-state index in [1.807, 2.05) is 34.7 Å². The van der Waals surface area contributed by atoms with Gasteiger partial charge in [-0.2, -0.15) is 0 Å². The van der Waals surface area contributed by atoms with Crippen molar-refractivity contribution in [2.24, 2.45) is 23.2 Å². The second-order valence-corrected chi connectivity index (χ2v) is 15.1. The molecule has 0 spiro atoms. The van der Waals surface area contributed by atoms with Crippen molar-refractivity contribution in [2.45, 2.75) is 110 Å². The first-order valence-electron chi connectivity index (χ1n) is 16.1. The highest BCUT2D eigenvalue weighted by atomic mass is 32.1. The number of rotatable bonds is 14. The van der Waals surface area contributed by atoms with Crippen LogP contribution in [0.25, 0.3) is 0 Å². The molecule has 45 heavy (non-hydrogen) atoms. The average Bonchev–Trinajstić information content (AvgIpc) is 3.44. The van der Waals surface area contributed by atoms with E-state index in [4.69, 9.17) is 9.47 Å². The average molecular weight is 647 g/mol. The van der Waals surface area contributed by atoms with Gasteiger partial charge in [0, 0.05) is 49.7 Å². The molecule has 1 N–H and O–H groups in total. The Bertz CT molecular complexity index is 1270. The molecule has 2 amide bonds. The molecule has 2 bridgehead atoms. The predicted octanol–water partition coefficient (Wildman–Crippen LogP) is 4.16. The summed E-state index contributed by atoms with van der Waals surface area (Å²) in [5.74, 6) is -1.51. The van der Waals surface area contributed by atoms with Gasteiger partial charge in [0.1, 0.15) is 10.7 Å². The number of ketones is 1. The van der Waals surface area contributed by atoms with E-state index in [-0.39, 0.29) is 59.6 Å². The van der Waals surface area contributed by atoms with Gasteiger partial charge in [-0.15, -0.1) is 11.3 Å². The summed E-state index contributed by atoms with van der Waals surface area (Å²) in [5.41, 5.74) is -0.656. The molecule has 12 heteroatoms. The van der Waals surface area contributed by atoms with E-state index in [0.717, 1.165) is 25.8 Å². The van der Waals surface area contributed by atoms with Gasteiger partial charge in [0.2, 0.25) is 5.91 Å². The Morgan fingerprint density at radius 3 is 2.33 bits per heavy atom. The molecule has 3 saturated carbocycles. The van der Waals surface area contributed by atoms with E-state index >= 15 is 0 Å². The molecule has 1 aromatic rings. The SMILES string of the molecule is COC(=O)C12CC(NC(=O)c3csc([C@@H](C[C@H](C(C)C)N(C)C(=O)[C@@H](CC(=O)[C@H]4CCCCN4C)C(C)C)OC(C)=O)n3)(C1)C2. The van der Waals surface area contributed by atoms with Gasteiger partial charge in [0.25, 0.3) is 5.91 Å². The summed E-state index contributed by atoms with van der Waals surface area (Å²) in [5, 5.41) is 5.15. The van der Waals surface area contributed by atoms with E-state index < -0.39 is 28.9 Å². The first kappa shape index (κ1) is 35.0. The molecule has 1 aliphatic heterocycles. The lowest BCUT2D eigenvalue weighted by molar-refractivity contribution is -0.199. The molecule has 2 heterocycles. The smallest absolute Gasteiger partial charge is 0.312 e. The fourth-order valence-electron chi connectivity index (χ4n) is 7.56. The molecule has 0 unspecified atom stereocenters. The predicted molar refractivity (Wildman–Crippen MR) is 169 cm³/mol. The Hall–Kier alpha value is -2.86. The molecule has 250 valence electrons. The highest BCUT2D eigenvalue weighted by Gasteiger charge is 2.73. The number of hydrogen-bond donors (Lipinski definition) is 1. The molecular formula is C33H50N4O7S. The molecule has 3 aliphatic carbocycles. The van der Waals surface area contributed by atoms with Gasteiger partial charge < -0.3 is 19.7 Å². The zero-order valence-electron chi connectivity index (χ0n) is 28.0.